The van der Waals surface area contributed by atoms with Crippen LogP contribution in [0.3, 0.4) is 0 Å². The minimum atomic E-state index is 0.362. The molecule has 0 aliphatic heterocycles. The van der Waals surface area contributed by atoms with Gasteiger partial charge in [-0.05, 0) is 49.1 Å². The first-order chi connectivity index (χ1) is 8.65. The van der Waals surface area contributed by atoms with Crippen molar-refractivity contribution in [2.45, 2.75) is 25.8 Å². The molecule has 94 valence electrons. The van der Waals surface area contributed by atoms with E-state index in [1.165, 1.54) is 10.4 Å². The van der Waals surface area contributed by atoms with Crippen molar-refractivity contribution in [3.8, 4) is 0 Å². The monoisotopic (exact) mass is 297 g/mol. The van der Waals surface area contributed by atoms with Gasteiger partial charge in [-0.3, -0.25) is 0 Å². The molecule has 2 aromatic rings. The van der Waals surface area contributed by atoms with Crippen LogP contribution in [0.5, 0.6) is 0 Å². The Kier molecular flexibility index (Phi) is 3.27. The largest absolute Gasteiger partial charge is 0.378 e. The van der Waals surface area contributed by atoms with Gasteiger partial charge >= 0.3 is 0 Å². The third-order valence-electron chi connectivity index (χ3n) is 3.44. The fourth-order valence-corrected chi connectivity index (χ4v) is 3.96. The summed E-state index contributed by atoms with van der Waals surface area (Å²) in [6.45, 7) is 2.04. The predicted molar refractivity (Wildman–Crippen MR) is 80.2 cm³/mol. The van der Waals surface area contributed by atoms with Gasteiger partial charge in [0.05, 0.1) is 10.4 Å². The average molecular weight is 298 g/mol. The third kappa shape index (κ3) is 2.13. The summed E-state index contributed by atoms with van der Waals surface area (Å²) in [6.07, 6.45) is 2.24. The Labute approximate surface area is 121 Å². The number of hydrogen-bond donors (Lipinski definition) is 1. The predicted octanol–water partition coefficient (Wildman–Crippen LogP) is 5.46. The number of nitrogens with one attached hydrogen (secondary N) is 1. The molecule has 1 N–H and O–H groups in total. The summed E-state index contributed by atoms with van der Waals surface area (Å²) in [5.41, 5.74) is 3.57. The molecule has 0 bridgehead atoms. The van der Waals surface area contributed by atoms with E-state index in [1.54, 1.807) is 11.3 Å². The van der Waals surface area contributed by atoms with Crippen molar-refractivity contribution < 1.29 is 0 Å². The lowest BCUT2D eigenvalue weighted by Gasteiger charge is -2.17. The fourth-order valence-electron chi connectivity index (χ4n) is 2.43. The minimum absolute atomic E-state index is 0.362. The Morgan fingerprint density at radius 3 is 3.00 bits per heavy atom. The van der Waals surface area contributed by atoms with E-state index in [0.717, 1.165) is 33.5 Å². The van der Waals surface area contributed by atoms with Crippen LogP contribution >= 0.6 is 34.5 Å². The minimum Gasteiger partial charge on any atom is -0.378 e. The molecular formula is C14H13Cl2NS. The zero-order chi connectivity index (χ0) is 12.7. The van der Waals surface area contributed by atoms with Crippen LogP contribution in [0, 0.1) is 6.92 Å². The summed E-state index contributed by atoms with van der Waals surface area (Å²) < 4.78 is 0.884. The highest BCUT2D eigenvalue weighted by Gasteiger charge is 2.25. The van der Waals surface area contributed by atoms with Gasteiger partial charge < -0.3 is 5.32 Å². The van der Waals surface area contributed by atoms with Crippen LogP contribution in [0.4, 0.5) is 5.69 Å². The maximum absolute atomic E-state index is 6.14. The molecule has 1 heterocycles. The molecule has 1 atom stereocenters. The summed E-state index contributed by atoms with van der Waals surface area (Å²) in [5.74, 6) is 0. The molecule has 3 rings (SSSR count). The zero-order valence-corrected chi connectivity index (χ0v) is 12.3. The van der Waals surface area contributed by atoms with Gasteiger partial charge in [-0.25, -0.2) is 0 Å². The van der Waals surface area contributed by atoms with Crippen molar-refractivity contribution in [2.75, 3.05) is 5.32 Å². The van der Waals surface area contributed by atoms with E-state index in [0.29, 0.717) is 6.04 Å². The molecule has 1 aromatic carbocycles. The van der Waals surface area contributed by atoms with Gasteiger partial charge in [-0.2, -0.15) is 0 Å². The molecule has 4 heteroatoms. The van der Waals surface area contributed by atoms with Gasteiger partial charge in [0.25, 0.3) is 0 Å². The van der Waals surface area contributed by atoms with Crippen molar-refractivity contribution in [1.82, 2.24) is 0 Å². The number of aryl methyl sites for hydroxylation is 1. The maximum Gasteiger partial charge on any atom is 0.0934 e. The topological polar surface area (TPSA) is 12.0 Å². The van der Waals surface area contributed by atoms with Crippen molar-refractivity contribution in [1.29, 1.82) is 0 Å². The van der Waals surface area contributed by atoms with E-state index < -0.39 is 0 Å². The second-order valence-corrected chi connectivity index (χ2v) is 6.75. The van der Waals surface area contributed by atoms with Crippen LogP contribution in [0.1, 0.15) is 28.5 Å². The molecule has 1 aromatic heterocycles. The summed E-state index contributed by atoms with van der Waals surface area (Å²) >= 11 is 13.9. The smallest absolute Gasteiger partial charge is 0.0934 e. The van der Waals surface area contributed by atoms with Crippen LogP contribution in [-0.4, -0.2) is 0 Å². The number of rotatable bonds is 2. The molecular weight excluding hydrogens is 285 g/mol. The first-order valence-corrected chi connectivity index (χ1v) is 7.52. The van der Waals surface area contributed by atoms with E-state index in [1.807, 2.05) is 19.1 Å². The summed E-state index contributed by atoms with van der Waals surface area (Å²) in [7, 11) is 0. The highest BCUT2D eigenvalue weighted by atomic mass is 35.5. The van der Waals surface area contributed by atoms with Crippen molar-refractivity contribution in [2.24, 2.45) is 0 Å². The molecule has 18 heavy (non-hydrogen) atoms. The van der Waals surface area contributed by atoms with Gasteiger partial charge in [0.2, 0.25) is 0 Å². The standard InChI is InChI=1S/C14H13Cl2NS/c1-8-10(15)3-2-4-11(8)17-12-5-6-13-9(12)7-14(16)18-13/h2-4,7,12,17H,5-6H2,1H3. The maximum atomic E-state index is 6.14. The van der Waals surface area contributed by atoms with Crippen LogP contribution in [0.15, 0.2) is 24.3 Å². The van der Waals surface area contributed by atoms with Gasteiger partial charge in [-0.15, -0.1) is 11.3 Å². The third-order valence-corrected chi connectivity index (χ3v) is 5.19. The Morgan fingerprint density at radius 2 is 2.17 bits per heavy atom. The average Bonchev–Trinajstić information content (AvgIpc) is 2.86. The number of halogens is 2. The molecule has 0 spiro atoms. The molecule has 0 fully saturated rings. The summed E-state index contributed by atoms with van der Waals surface area (Å²) in [5, 5.41) is 4.39. The van der Waals surface area contributed by atoms with Crippen molar-refractivity contribution in [3.63, 3.8) is 0 Å². The lowest BCUT2D eigenvalue weighted by Crippen LogP contribution is -2.07. The van der Waals surface area contributed by atoms with Crippen molar-refractivity contribution in [3.05, 3.63) is 49.6 Å². The number of thiophene rings is 1. The molecule has 0 saturated heterocycles. The molecule has 1 unspecified atom stereocenters. The first kappa shape index (κ1) is 12.3. The van der Waals surface area contributed by atoms with Crippen LogP contribution in [0.25, 0.3) is 0 Å². The molecule has 0 saturated carbocycles. The molecule has 1 aliphatic rings. The molecule has 0 amide bonds. The van der Waals surface area contributed by atoms with Gasteiger partial charge in [0.15, 0.2) is 0 Å². The lowest BCUT2D eigenvalue weighted by atomic mass is 10.1. The van der Waals surface area contributed by atoms with E-state index in [4.69, 9.17) is 23.2 Å². The van der Waals surface area contributed by atoms with Crippen molar-refractivity contribution >= 4 is 40.2 Å². The highest BCUT2D eigenvalue weighted by Crippen LogP contribution is 2.41. The Bertz CT molecular complexity index is 591. The summed E-state index contributed by atoms with van der Waals surface area (Å²) in [4.78, 5) is 1.41. The van der Waals surface area contributed by atoms with Gasteiger partial charge in [-0.1, -0.05) is 29.3 Å². The fraction of sp³-hybridized carbons (Fsp3) is 0.286. The van der Waals surface area contributed by atoms with Gasteiger partial charge in [0, 0.05) is 15.6 Å². The zero-order valence-electron chi connectivity index (χ0n) is 9.97. The molecule has 0 radical (unpaired) electrons. The van der Waals surface area contributed by atoms with Crippen LogP contribution in [0.2, 0.25) is 9.36 Å². The number of benzene rings is 1. The second kappa shape index (κ2) is 4.76. The first-order valence-electron chi connectivity index (χ1n) is 5.95. The lowest BCUT2D eigenvalue weighted by molar-refractivity contribution is 0.761. The van der Waals surface area contributed by atoms with E-state index in [9.17, 15) is 0 Å². The number of fused-ring (bicyclic) bond motifs is 1. The highest BCUT2D eigenvalue weighted by molar-refractivity contribution is 7.16. The van der Waals surface area contributed by atoms with E-state index in [2.05, 4.69) is 17.4 Å². The van der Waals surface area contributed by atoms with Crippen LogP contribution < -0.4 is 5.32 Å². The van der Waals surface area contributed by atoms with E-state index >= 15 is 0 Å². The molecule has 1 nitrogen and oxygen atoms in total. The Balaban J connectivity index is 1.88. The summed E-state index contributed by atoms with van der Waals surface area (Å²) in [6, 6.07) is 8.43. The quantitative estimate of drug-likeness (QED) is 0.776. The Morgan fingerprint density at radius 1 is 1.33 bits per heavy atom. The van der Waals surface area contributed by atoms with E-state index in [-0.39, 0.29) is 0 Å². The number of hydrogen-bond acceptors (Lipinski definition) is 2. The van der Waals surface area contributed by atoms with Crippen LogP contribution in [-0.2, 0) is 6.42 Å². The number of anilines is 1. The SMILES string of the molecule is Cc1c(Cl)cccc1NC1CCc2sc(Cl)cc21. The normalized spacial score (nSPS) is 17.8. The molecule has 1 aliphatic carbocycles. The second-order valence-electron chi connectivity index (χ2n) is 4.58. The van der Waals surface area contributed by atoms with Gasteiger partial charge in [0.1, 0.15) is 0 Å². The Hall–Kier alpha value is -0.700.